The van der Waals surface area contributed by atoms with Crippen molar-refractivity contribution in [3.8, 4) is 17.0 Å². The molecule has 0 fully saturated rings. The SMILES string of the molecule is CC(=O)/C=C(/C)O.COc1cc2c(C)c(C)ccc2nc1-c1[c-]c(C)cc(C)c1.[Ir]. The number of nitrogens with zero attached hydrogens (tertiary/aromatic N) is 1. The van der Waals surface area contributed by atoms with Gasteiger partial charge in [0, 0.05) is 37.3 Å². The molecule has 3 rings (SSSR count). The van der Waals surface area contributed by atoms with Gasteiger partial charge in [-0.1, -0.05) is 19.9 Å². The molecule has 0 aliphatic heterocycles. The summed E-state index contributed by atoms with van der Waals surface area (Å²) < 4.78 is 5.60. The number of aryl methyl sites for hydroxylation is 4. The Morgan fingerprint density at radius 1 is 1.10 bits per heavy atom. The van der Waals surface area contributed by atoms with Gasteiger partial charge in [0.15, 0.2) is 5.78 Å². The number of carbonyl (C=O) groups excluding carboxylic acids is 1. The minimum atomic E-state index is -0.125. The largest absolute Gasteiger partial charge is 0.512 e. The average Bonchev–Trinajstić information content (AvgIpc) is 2.62. The molecule has 1 N–H and O–H groups in total. The monoisotopic (exact) mass is 583 g/mol. The molecule has 0 bridgehead atoms. The molecule has 30 heavy (non-hydrogen) atoms. The van der Waals surface area contributed by atoms with Gasteiger partial charge in [-0.05, 0) is 51.0 Å². The number of benzene rings is 2. The molecule has 0 saturated heterocycles. The molecule has 0 aliphatic carbocycles. The molecule has 0 unspecified atom stereocenters. The van der Waals surface area contributed by atoms with Crippen LogP contribution in [0.4, 0.5) is 0 Å². The van der Waals surface area contributed by atoms with Crippen molar-refractivity contribution in [3.05, 3.63) is 70.5 Å². The van der Waals surface area contributed by atoms with Gasteiger partial charge in [0.05, 0.1) is 18.4 Å². The number of ether oxygens (including phenoxy) is 1. The molecule has 0 amide bonds. The smallest absolute Gasteiger partial charge is 0.155 e. The van der Waals surface area contributed by atoms with Crippen molar-refractivity contribution in [2.45, 2.75) is 41.5 Å². The zero-order valence-electron chi connectivity index (χ0n) is 18.5. The third kappa shape index (κ3) is 6.51. The maximum Gasteiger partial charge on any atom is 0.155 e. The first-order chi connectivity index (χ1) is 13.6. The number of carbonyl (C=O) groups is 1. The van der Waals surface area contributed by atoms with Crippen LogP contribution in [-0.2, 0) is 24.9 Å². The van der Waals surface area contributed by atoms with Crippen LogP contribution < -0.4 is 4.74 Å². The molecule has 0 aliphatic rings. The Morgan fingerprint density at radius 3 is 2.27 bits per heavy atom. The predicted molar refractivity (Wildman–Crippen MR) is 119 cm³/mol. The number of methoxy groups -OCH3 is 1. The Bertz CT molecular complexity index is 1060. The van der Waals surface area contributed by atoms with Crippen molar-refractivity contribution < 1.29 is 34.7 Å². The number of aliphatic hydroxyl groups excluding tert-OH is 1. The van der Waals surface area contributed by atoms with Crippen LogP contribution in [0.1, 0.15) is 36.1 Å². The number of hydrogen-bond acceptors (Lipinski definition) is 4. The van der Waals surface area contributed by atoms with Crippen LogP contribution >= 0.6 is 0 Å². The molecule has 1 heterocycles. The summed E-state index contributed by atoms with van der Waals surface area (Å²) in [6.07, 6.45) is 1.17. The first-order valence-corrected chi connectivity index (χ1v) is 9.46. The van der Waals surface area contributed by atoms with Crippen molar-refractivity contribution in [2.75, 3.05) is 7.11 Å². The quantitative estimate of drug-likeness (QED) is 0.235. The molecule has 1 radical (unpaired) electrons. The minimum Gasteiger partial charge on any atom is -0.512 e. The molecule has 2 aromatic carbocycles. The van der Waals surface area contributed by atoms with Gasteiger partial charge in [-0.2, -0.15) is 0 Å². The molecule has 0 atom stereocenters. The molecule has 0 spiro atoms. The fourth-order valence-electron chi connectivity index (χ4n) is 3.14. The standard InChI is InChI=1S/C20H20NO.C5H8O2.Ir/c1-12-8-13(2)10-16(9-12)20-19(22-5)11-17-15(4)14(3)6-7-18(17)21-20;1-4(6)3-5(2)7;/h6-9,11H,1-5H3;3,6H,1-2H3;/q-1;;/b;4-3-;. The van der Waals surface area contributed by atoms with Gasteiger partial charge in [-0.3, -0.25) is 9.78 Å². The van der Waals surface area contributed by atoms with Gasteiger partial charge in [0.1, 0.15) is 5.75 Å². The normalized spacial score (nSPS) is 10.7. The van der Waals surface area contributed by atoms with Crippen molar-refractivity contribution in [1.82, 2.24) is 4.98 Å². The van der Waals surface area contributed by atoms with Crippen LogP contribution in [-0.4, -0.2) is 23.0 Å². The van der Waals surface area contributed by atoms with Crippen LogP contribution in [0.15, 0.2) is 42.2 Å². The molecule has 1 aromatic heterocycles. The van der Waals surface area contributed by atoms with Crippen LogP contribution in [0.3, 0.4) is 0 Å². The second kappa shape index (κ2) is 11.1. The Balaban J connectivity index is 0.000000489. The molecule has 3 aromatic rings. The Morgan fingerprint density at radius 2 is 1.77 bits per heavy atom. The van der Waals surface area contributed by atoms with E-state index in [2.05, 4.69) is 64.1 Å². The number of aromatic nitrogens is 1. The van der Waals surface area contributed by atoms with E-state index in [-0.39, 0.29) is 31.6 Å². The Kier molecular flexibility index (Phi) is 9.41. The zero-order chi connectivity index (χ0) is 21.7. The summed E-state index contributed by atoms with van der Waals surface area (Å²) in [6.45, 7) is 11.2. The summed E-state index contributed by atoms with van der Waals surface area (Å²) in [6, 6.07) is 13.9. The Labute approximate surface area is 192 Å². The molecule has 4 nitrogen and oxygen atoms in total. The van der Waals surface area contributed by atoms with Gasteiger partial charge in [-0.15, -0.1) is 34.9 Å². The topological polar surface area (TPSA) is 59.4 Å². The Hall–Kier alpha value is -2.49. The molecular weight excluding hydrogens is 554 g/mol. The van der Waals surface area contributed by atoms with E-state index in [0.717, 1.165) is 33.5 Å². The van der Waals surface area contributed by atoms with Gasteiger partial charge < -0.3 is 9.84 Å². The van der Waals surface area contributed by atoms with Gasteiger partial charge >= 0.3 is 0 Å². The fraction of sp³-hybridized carbons (Fsp3) is 0.280. The number of rotatable bonds is 3. The number of aliphatic hydroxyl groups is 1. The third-order valence-corrected chi connectivity index (χ3v) is 4.54. The summed E-state index contributed by atoms with van der Waals surface area (Å²) in [5.41, 5.74) is 7.65. The zero-order valence-corrected chi connectivity index (χ0v) is 20.9. The number of pyridine rings is 1. The minimum absolute atomic E-state index is 0. The van der Waals surface area contributed by atoms with E-state index in [1.165, 1.54) is 36.6 Å². The molecule has 0 saturated carbocycles. The van der Waals surface area contributed by atoms with Crippen LogP contribution in [0.2, 0.25) is 0 Å². The maximum atomic E-state index is 10.0. The summed E-state index contributed by atoms with van der Waals surface area (Å²) in [5.74, 6) is 0.731. The third-order valence-electron chi connectivity index (χ3n) is 4.54. The number of hydrogen-bond donors (Lipinski definition) is 1. The van der Waals surface area contributed by atoms with E-state index < -0.39 is 0 Å². The number of allylic oxidation sites excluding steroid dienone is 2. The van der Waals surface area contributed by atoms with E-state index in [0.29, 0.717) is 0 Å². The van der Waals surface area contributed by atoms with Crippen molar-refractivity contribution in [1.29, 1.82) is 0 Å². The van der Waals surface area contributed by atoms with E-state index in [4.69, 9.17) is 14.8 Å². The van der Waals surface area contributed by atoms with Gasteiger partial charge in [0.25, 0.3) is 0 Å². The maximum absolute atomic E-state index is 10.0. The summed E-state index contributed by atoms with van der Waals surface area (Å²) in [4.78, 5) is 14.9. The summed E-state index contributed by atoms with van der Waals surface area (Å²) >= 11 is 0. The summed E-state index contributed by atoms with van der Waals surface area (Å²) in [5, 5.41) is 9.51. The molecular formula is C25H28IrNO3-. The van der Waals surface area contributed by atoms with Crippen LogP contribution in [0, 0.1) is 33.8 Å². The fourth-order valence-corrected chi connectivity index (χ4v) is 3.14. The van der Waals surface area contributed by atoms with Crippen LogP contribution in [0.25, 0.3) is 22.2 Å². The number of ketones is 1. The second-order valence-electron chi connectivity index (χ2n) is 7.26. The van der Waals surface area contributed by atoms with E-state index in [1.807, 2.05) is 0 Å². The van der Waals surface area contributed by atoms with E-state index in [1.54, 1.807) is 7.11 Å². The summed E-state index contributed by atoms with van der Waals surface area (Å²) in [7, 11) is 1.69. The van der Waals surface area contributed by atoms with Crippen molar-refractivity contribution in [3.63, 3.8) is 0 Å². The van der Waals surface area contributed by atoms with Crippen molar-refractivity contribution in [2.24, 2.45) is 0 Å². The van der Waals surface area contributed by atoms with Gasteiger partial charge in [-0.25, -0.2) is 0 Å². The predicted octanol–water partition coefficient (Wildman–Crippen LogP) is 5.98. The molecule has 161 valence electrons. The first-order valence-electron chi connectivity index (χ1n) is 9.46. The molecule has 5 heteroatoms. The van der Waals surface area contributed by atoms with Gasteiger partial charge in [0.2, 0.25) is 0 Å². The van der Waals surface area contributed by atoms with E-state index >= 15 is 0 Å². The van der Waals surface area contributed by atoms with Crippen molar-refractivity contribution >= 4 is 16.7 Å². The number of fused-ring (bicyclic) bond motifs is 1. The first kappa shape index (κ1) is 25.5. The average molecular weight is 583 g/mol. The van der Waals surface area contributed by atoms with E-state index in [9.17, 15) is 4.79 Å². The second-order valence-corrected chi connectivity index (χ2v) is 7.26. The van der Waals surface area contributed by atoms with Crippen LogP contribution in [0.5, 0.6) is 5.75 Å².